The van der Waals surface area contributed by atoms with Gasteiger partial charge in [-0.25, -0.2) is 9.18 Å². The summed E-state index contributed by atoms with van der Waals surface area (Å²) in [6.45, 7) is 7.94. The standard InChI is InChI=1S/C24H33FN6O4/c1-15(19-10-16(25)14-30(19)5)33-21-12-22(29-20(13-27)28-21)34-18-7-9-31(17(11-18)6-8-26)23(32)35-24(2,3)4/h12,15-19H,6-7,9-11,14H2,1-5H3/t15-,16-,17+,18-,19-/m0/s1. The molecular weight excluding hydrogens is 455 g/mol. The molecule has 3 heterocycles. The first-order valence-corrected chi connectivity index (χ1v) is 11.8. The number of likely N-dealkylation sites (N-methyl/N-ethyl adjacent to an activating group) is 1. The molecule has 2 aliphatic rings. The lowest BCUT2D eigenvalue weighted by molar-refractivity contribution is -0.00384. The Balaban J connectivity index is 1.69. The van der Waals surface area contributed by atoms with Crippen molar-refractivity contribution in [1.82, 2.24) is 19.8 Å². The van der Waals surface area contributed by atoms with E-state index in [-0.39, 0.29) is 48.3 Å². The van der Waals surface area contributed by atoms with Crippen molar-refractivity contribution >= 4 is 6.09 Å². The molecule has 10 nitrogen and oxygen atoms in total. The quantitative estimate of drug-likeness (QED) is 0.593. The van der Waals surface area contributed by atoms with Gasteiger partial charge >= 0.3 is 6.09 Å². The summed E-state index contributed by atoms with van der Waals surface area (Å²) in [5.74, 6) is 0.246. The third-order valence-electron chi connectivity index (χ3n) is 6.09. The van der Waals surface area contributed by atoms with Crippen LogP contribution in [0.5, 0.6) is 11.8 Å². The SMILES string of the molecule is C[C@H](Oc1cc(O[C@H]2CCN(C(=O)OC(C)(C)C)[C@H](CC#N)C2)nc(C#N)n1)[C@@H]1C[C@H](F)CN1C. The third kappa shape index (κ3) is 7.15. The molecule has 1 aromatic rings. The molecule has 0 aliphatic carbocycles. The van der Waals surface area contributed by atoms with E-state index in [0.717, 1.165) is 0 Å². The van der Waals surface area contributed by atoms with E-state index in [4.69, 9.17) is 14.2 Å². The van der Waals surface area contributed by atoms with Gasteiger partial charge < -0.3 is 19.1 Å². The highest BCUT2D eigenvalue weighted by atomic mass is 19.1. The number of hydrogen-bond acceptors (Lipinski definition) is 9. The second kappa shape index (κ2) is 11.0. The van der Waals surface area contributed by atoms with Gasteiger partial charge in [0, 0.05) is 32.0 Å². The van der Waals surface area contributed by atoms with Gasteiger partial charge in [-0.05, 0) is 41.2 Å². The molecule has 5 atom stereocenters. The first-order valence-electron chi connectivity index (χ1n) is 11.8. The number of hydrogen-bond donors (Lipinski definition) is 0. The lowest BCUT2D eigenvalue weighted by Gasteiger charge is -2.38. The number of rotatable bonds is 6. The second-order valence-electron chi connectivity index (χ2n) is 10.1. The highest BCUT2D eigenvalue weighted by Crippen LogP contribution is 2.28. The van der Waals surface area contributed by atoms with Gasteiger partial charge in [0.15, 0.2) is 0 Å². The van der Waals surface area contributed by atoms with Gasteiger partial charge in [-0.15, -0.1) is 0 Å². The zero-order valence-corrected chi connectivity index (χ0v) is 20.9. The fraction of sp³-hybridized carbons (Fsp3) is 0.708. The largest absolute Gasteiger partial charge is 0.474 e. The Hall–Kier alpha value is -3.18. The van der Waals surface area contributed by atoms with Gasteiger partial charge in [0.2, 0.25) is 17.6 Å². The van der Waals surface area contributed by atoms with Crippen molar-refractivity contribution in [2.45, 2.75) is 89.4 Å². The molecule has 0 unspecified atom stereocenters. The molecule has 0 bridgehead atoms. The average Bonchev–Trinajstić information content (AvgIpc) is 3.10. The number of alkyl halides is 1. The Morgan fingerprint density at radius 2 is 2.00 bits per heavy atom. The summed E-state index contributed by atoms with van der Waals surface area (Å²) in [5, 5.41) is 18.6. The Bertz CT molecular complexity index is 988. The van der Waals surface area contributed by atoms with Crippen molar-refractivity contribution in [3.05, 3.63) is 11.9 Å². The minimum absolute atomic E-state index is 0.104. The van der Waals surface area contributed by atoms with E-state index >= 15 is 0 Å². The van der Waals surface area contributed by atoms with Crippen molar-refractivity contribution in [1.29, 1.82) is 10.5 Å². The van der Waals surface area contributed by atoms with Crippen LogP contribution in [-0.4, -0.2) is 82.1 Å². The van der Waals surface area contributed by atoms with Gasteiger partial charge in [-0.2, -0.15) is 20.5 Å². The van der Waals surface area contributed by atoms with Crippen molar-refractivity contribution in [2.24, 2.45) is 0 Å². The van der Waals surface area contributed by atoms with Crippen molar-refractivity contribution < 1.29 is 23.4 Å². The Morgan fingerprint density at radius 1 is 1.29 bits per heavy atom. The van der Waals surface area contributed by atoms with Crippen LogP contribution in [0.25, 0.3) is 0 Å². The molecule has 2 fully saturated rings. The van der Waals surface area contributed by atoms with Crippen molar-refractivity contribution in [3.63, 3.8) is 0 Å². The molecule has 1 aromatic heterocycles. The zero-order chi connectivity index (χ0) is 25.8. The molecular formula is C24H33FN6O4. The summed E-state index contributed by atoms with van der Waals surface area (Å²) < 4.78 is 31.2. The molecule has 2 aliphatic heterocycles. The topological polar surface area (TPSA) is 125 Å². The molecule has 0 N–H and O–H groups in total. The lowest BCUT2D eigenvalue weighted by Crippen LogP contribution is -2.50. The van der Waals surface area contributed by atoms with Crippen LogP contribution in [0, 0.1) is 22.7 Å². The van der Waals surface area contributed by atoms with E-state index in [2.05, 4.69) is 16.0 Å². The minimum Gasteiger partial charge on any atom is -0.474 e. The number of nitrogens with zero attached hydrogens (tertiary/aromatic N) is 6. The number of nitriles is 2. The normalized spacial score (nSPS) is 25.9. The summed E-state index contributed by atoms with van der Waals surface area (Å²) in [5.41, 5.74) is -0.637. The fourth-order valence-electron chi connectivity index (χ4n) is 4.51. The number of ether oxygens (including phenoxy) is 3. The monoisotopic (exact) mass is 488 g/mol. The van der Waals surface area contributed by atoms with Gasteiger partial charge in [0.25, 0.3) is 0 Å². The van der Waals surface area contributed by atoms with Gasteiger partial charge in [0.05, 0.1) is 24.6 Å². The molecule has 0 saturated carbocycles. The van der Waals surface area contributed by atoms with Crippen LogP contribution in [0.4, 0.5) is 9.18 Å². The van der Waals surface area contributed by atoms with Gasteiger partial charge in [-0.1, -0.05) is 0 Å². The molecule has 1 amide bonds. The Kier molecular flexibility index (Phi) is 8.34. The van der Waals surface area contributed by atoms with Crippen LogP contribution in [0.15, 0.2) is 6.07 Å². The number of likely N-dealkylation sites (tertiary alicyclic amines) is 2. The third-order valence-corrected chi connectivity index (χ3v) is 6.09. The Morgan fingerprint density at radius 3 is 2.60 bits per heavy atom. The van der Waals surface area contributed by atoms with Crippen LogP contribution in [0.1, 0.15) is 59.2 Å². The van der Waals surface area contributed by atoms with Crippen molar-refractivity contribution in [3.8, 4) is 23.9 Å². The Labute approximate surface area is 205 Å². The van der Waals surface area contributed by atoms with Crippen LogP contribution >= 0.6 is 0 Å². The molecule has 0 spiro atoms. The molecule has 11 heteroatoms. The highest BCUT2D eigenvalue weighted by Gasteiger charge is 2.36. The smallest absolute Gasteiger partial charge is 0.410 e. The summed E-state index contributed by atoms with van der Waals surface area (Å²) in [6.07, 6.45) is -0.610. The van der Waals surface area contributed by atoms with E-state index in [1.807, 2.05) is 24.9 Å². The maximum atomic E-state index is 13.8. The van der Waals surface area contributed by atoms with Crippen LogP contribution in [0.3, 0.4) is 0 Å². The zero-order valence-electron chi connectivity index (χ0n) is 20.9. The molecule has 2 saturated heterocycles. The number of amides is 1. The van der Waals surface area contributed by atoms with E-state index in [1.54, 1.807) is 25.7 Å². The molecule has 35 heavy (non-hydrogen) atoms. The summed E-state index contributed by atoms with van der Waals surface area (Å²) in [7, 11) is 1.85. The number of piperidine rings is 1. The van der Waals surface area contributed by atoms with Crippen LogP contribution in [-0.2, 0) is 4.74 Å². The lowest BCUT2D eigenvalue weighted by atomic mass is 9.97. The van der Waals surface area contributed by atoms with E-state index in [0.29, 0.717) is 32.4 Å². The predicted molar refractivity (Wildman–Crippen MR) is 123 cm³/mol. The predicted octanol–water partition coefficient (Wildman–Crippen LogP) is 3.22. The van der Waals surface area contributed by atoms with E-state index in [1.165, 1.54) is 6.07 Å². The first kappa shape index (κ1) is 26.4. The van der Waals surface area contributed by atoms with Gasteiger partial charge in [-0.3, -0.25) is 4.90 Å². The van der Waals surface area contributed by atoms with E-state index in [9.17, 15) is 19.7 Å². The first-order chi connectivity index (χ1) is 16.5. The maximum Gasteiger partial charge on any atom is 0.410 e. The summed E-state index contributed by atoms with van der Waals surface area (Å²) in [4.78, 5) is 24.3. The number of carbonyl (C=O) groups is 1. The molecule has 0 radical (unpaired) electrons. The average molecular weight is 489 g/mol. The molecule has 190 valence electrons. The number of carbonyl (C=O) groups excluding carboxylic acids is 1. The number of halogens is 1. The highest BCUT2D eigenvalue weighted by molar-refractivity contribution is 5.68. The van der Waals surface area contributed by atoms with Crippen LogP contribution < -0.4 is 9.47 Å². The summed E-state index contributed by atoms with van der Waals surface area (Å²) in [6, 6.07) is 5.07. The molecule has 0 aromatic carbocycles. The summed E-state index contributed by atoms with van der Waals surface area (Å²) >= 11 is 0. The molecule has 3 rings (SSSR count). The van der Waals surface area contributed by atoms with Gasteiger partial charge in [0.1, 0.15) is 30.0 Å². The van der Waals surface area contributed by atoms with Crippen LogP contribution in [0.2, 0.25) is 0 Å². The second-order valence-corrected chi connectivity index (χ2v) is 10.1. The maximum absolute atomic E-state index is 13.8. The fourth-order valence-corrected chi connectivity index (χ4v) is 4.51. The van der Waals surface area contributed by atoms with E-state index < -0.39 is 17.9 Å². The van der Waals surface area contributed by atoms with Crippen molar-refractivity contribution in [2.75, 3.05) is 20.1 Å². The minimum atomic E-state index is -0.900. The number of aromatic nitrogens is 2.